The highest BCUT2D eigenvalue weighted by Crippen LogP contribution is 2.25. The van der Waals surface area contributed by atoms with Crippen LogP contribution in [0, 0.1) is 5.92 Å². The zero-order chi connectivity index (χ0) is 20.3. The monoisotopic (exact) mass is 415 g/mol. The number of sulfonamides is 1. The first-order chi connectivity index (χ1) is 14.1. The zero-order valence-corrected chi connectivity index (χ0v) is 17.0. The molecule has 8 nitrogen and oxygen atoms in total. The fourth-order valence-corrected chi connectivity index (χ4v) is 5.41. The summed E-state index contributed by atoms with van der Waals surface area (Å²) >= 11 is 0. The van der Waals surface area contributed by atoms with Crippen molar-refractivity contribution in [3.05, 3.63) is 48.8 Å². The van der Waals surface area contributed by atoms with Gasteiger partial charge >= 0.3 is 0 Å². The van der Waals surface area contributed by atoms with Crippen LogP contribution in [0.15, 0.2) is 53.7 Å². The van der Waals surface area contributed by atoms with Crippen molar-refractivity contribution in [2.24, 2.45) is 5.92 Å². The maximum Gasteiger partial charge on any atom is 0.243 e. The van der Waals surface area contributed by atoms with E-state index in [4.69, 9.17) is 0 Å². The number of piperidine rings is 1. The highest BCUT2D eigenvalue weighted by molar-refractivity contribution is 7.89. The van der Waals surface area contributed by atoms with Gasteiger partial charge in [0.1, 0.15) is 0 Å². The Morgan fingerprint density at radius 1 is 0.862 bits per heavy atom. The van der Waals surface area contributed by atoms with Gasteiger partial charge in [0, 0.05) is 57.6 Å². The lowest BCUT2D eigenvalue weighted by Crippen LogP contribution is -2.52. The smallest absolute Gasteiger partial charge is 0.243 e. The van der Waals surface area contributed by atoms with Gasteiger partial charge in [0.25, 0.3) is 0 Å². The largest absolute Gasteiger partial charge is 0.339 e. The third kappa shape index (κ3) is 4.25. The topological polar surface area (TPSA) is 86.7 Å². The van der Waals surface area contributed by atoms with E-state index in [2.05, 4.69) is 14.9 Å². The van der Waals surface area contributed by atoms with Crippen molar-refractivity contribution < 1.29 is 13.2 Å². The molecule has 2 fully saturated rings. The van der Waals surface area contributed by atoms with E-state index in [0.29, 0.717) is 63.0 Å². The molecule has 0 N–H and O–H groups in total. The van der Waals surface area contributed by atoms with Crippen LogP contribution < -0.4 is 4.90 Å². The molecule has 0 spiro atoms. The molecule has 2 aromatic rings. The molecule has 2 saturated heterocycles. The van der Waals surface area contributed by atoms with Crippen molar-refractivity contribution in [2.45, 2.75) is 17.7 Å². The molecule has 1 amide bonds. The Bertz CT molecular complexity index is 923. The number of anilines is 1. The Kier molecular flexibility index (Phi) is 5.77. The molecular weight excluding hydrogens is 390 g/mol. The minimum Gasteiger partial charge on any atom is -0.339 e. The van der Waals surface area contributed by atoms with Crippen LogP contribution in [0.1, 0.15) is 12.8 Å². The zero-order valence-electron chi connectivity index (χ0n) is 16.2. The van der Waals surface area contributed by atoms with E-state index in [9.17, 15) is 13.2 Å². The maximum atomic E-state index is 12.9. The lowest BCUT2D eigenvalue weighted by molar-refractivity contribution is -0.137. The Balaban J connectivity index is 1.31. The Morgan fingerprint density at radius 2 is 1.48 bits per heavy atom. The minimum absolute atomic E-state index is 0.114. The van der Waals surface area contributed by atoms with Gasteiger partial charge in [-0.1, -0.05) is 18.2 Å². The SMILES string of the molecule is O=C(C1CCN(S(=O)(=O)c2ccccc2)CC1)N1CCN(c2ncccn2)CC1. The molecule has 4 rings (SSSR count). The predicted octanol–water partition coefficient (Wildman–Crippen LogP) is 1.23. The highest BCUT2D eigenvalue weighted by atomic mass is 32.2. The number of nitrogens with zero attached hydrogens (tertiary/aromatic N) is 5. The Labute approximate surface area is 171 Å². The van der Waals surface area contributed by atoms with Crippen molar-refractivity contribution in [3.8, 4) is 0 Å². The van der Waals surface area contributed by atoms with Crippen LogP contribution in [0.25, 0.3) is 0 Å². The molecule has 29 heavy (non-hydrogen) atoms. The van der Waals surface area contributed by atoms with Crippen LogP contribution in [0.2, 0.25) is 0 Å². The second kappa shape index (κ2) is 8.46. The van der Waals surface area contributed by atoms with E-state index >= 15 is 0 Å². The lowest BCUT2D eigenvalue weighted by atomic mass is 9.96. The van der Waals surface area contributed by atoms with Crippen molar-refractivity contribution in [2.75, 3.05) is 44.2 Å². The van der Waals surface area contributed by atoms with Crippen LogP contribution in [-0.4, -0.2) is 72.8 Å². The predicted molar refractivity (Wildman–Crippen MR) is 109 cm³/mol. The van der Waals surface area contributed by atoms with Gasteiger partial charge in [-0.15, -0.1) is 0 Å². The van der Waals surface area contributed by atoms with Gasteiger partial charge in [-0.3, -0.25) is 4.79 Å². The number of carbonyl (C=O) groups excluding carboxylic acids is 1. The standard InChI is InChI=1S/C20H25N5O3S/c26-19(23-13-15-24(16-14-23)20-21-9-4-10-22-20)17-7-11-25(12-8-17)29(27,28)18-5-2-1-3-6-18/h1-6,9-10,17H,7-8,11-16H2. The first-order valence-corrected chi connectivity index (χ1v) is 11.4. The summed E-state index contributed by atoms with van der Waals surface area (Å²) in [6, 6.07) is 10.3. The maximum absolute atomic E-state index is 12.9. The summed E-state index contributed by atoms with van der Waals surface area (Å²) in [5.74, 6) is 0.714. The van der Waals surface area contributed by atoms with Crippen LogP contribution in [-0.2, 0) is 14.8 Å². The normalized spacial score (nSPS) is 19.3. The van der Waals surface area contributed by atoms with Gasteiger partial charge in [-0.05, 0) is 31.0 Å². The molecule has 0 unspecified atom stereocenters. The van der Waals surface area contributed by atoms with Crippen molar-refractivity contribution in [1.29, 1.82) is 0 Å². The first-order valence-electron chi connectivity index (χ1n) is 9.91. The summed E-state index contributed by atoms with van der Waals surface area (Å²) in [6.07, 6.45) is 4.56. The third-order valence-corrected chi connectivity index (χ3v) is 7.52. The van der Waals surface area contributed by atoms with Gasteiger partial charge < -0.3 is 9.80 Å². The number of benzene rings is 1. The molecule has 0 saturated carbocycles. The average molecular weight is 416 g/mol. The quantitative estimate of drug-likeness (QED) is 0.746. The molecule has 0 bridgehead atoms. The Morgan fingerprint density at radius 3 is 2.10 bits per heavy atom. The van der Waals surface area contributed by atoms with Gasteiger partial charge in [0.2, 0.25) is 21.9 Å². The Hall–Kier alpha value is -2.52. The third-order valence-electron chi connectivity index (χ3n) is 5.61. The number of hydrogen-bond acceptors (Lipinski definition) is 6. The molecule has 1 aromatic carbocycles. The van der Waals surface area contributed by atoms with Crippen LogP contribution in [0.3, 0.4) is 0 Å². The first kappa shape index (κ1) is 19.8. The summed E-state index contributed by atoms with van der Waals surface area (Å²) in [7, 11) is -3.49. The van der Waals surface area contributed by atoms with Crippen LogP contribution >= 0.6 is 0 Å². The molecule has 2 aliphatic heterocycles. The molecule has 0 radical (unpaired) electrons. The molecule has 154 valence electrons. The molecule has 9 heteroatoms. The second-order valence-corrected chi connectivity index (χ2v) is 9.29. The summed E-state index contributed by atoms with van der Waals surface area (Å²) in [5, 5.41) is 0. The molecular formula is C20H25N5O3S. The van der Waals surface area contributed by atoms with E-state index in [1.165, 1.54) is 4.31 Å². The van der Waals surface area contributed by atoms with Gasteiger partial charge in [-0.2, -0.15) is 4.31 Å². The highest BCUT2D eigenvalue weighted by Gasteiger charge is 2.34. The van der Waals surface area contributed by atoms with Crippen LogP contribution in [0.5, 0.6) is 0 Å². The summed E-state index contributed by atoms with van der Waals surface area (Å²) in [4.78, 5) is 25.8. The number of aromatic nitrogens is 2. The molecule has 0 aliphatic carbocycles. The minimum atomic E-state index is -3.49. The number of piperazine rings is 1. The van der Waals surface area contributed by atoms with E-state index in [1.54, 1.807) is 48.8 Å². The van der Waals surface area contributed by atoms with E-state index in [-0.39, 0.29) is 11.8 Å². The number of amides is 1. The van der Waals surface area contributed by atoms with E-state index < -0.39 is 10.0 Å². The molecule has 0 atom stereocenters. The lowest BCUT2D eigenvalue weighted by Gasteiger charge is -2.38. The number of carbonyl (C=O) groups is 1. The summed E-state index contributed by atoms with van der Waals surface area (Å²) in [6.45, 7) is 3.45. The van der Waals surface area contributed by atoms with Gasteiger partial charge in [-0.25, -0.2) is 18.4 Å². The van der Waals surface area contributed by atoms with Crippen molar-refractivity contribution in [1.82, 2.24) is 19.2 Å². The van der Waals surface area contributed by atoms with Gasteiger partial charge in [0.15, 0.2) is 0 Å². The number of rotatable bonds is 4. The summed E-state index contributed by atoms with van der Waals surface area (Å²) in [5.41, 5.74) is 0. The average Bonchev–Trinajstić information content (AvgIpc) is 2.80. The van der Waals surface area contributed by atoms with Crippen LogP contribution in [0.4, 0.5) is 5.95 Å². The number of hydrogen-bond donors (Lipinski definition) is 0. The van der Waals surface area contributed by atoms with Crippen molar-refractivity contribution >= 4 is 21.9 Å². The van der Waals surface area contributed by atoms with Crippen molar-refractivity contribution in [3.63, 3.8) is 0 Å². The van der Waals surface area contributed by atoms with E-state index in [1.807, 2.05) is 4.90 Å². The van der Waals surface area contributed by atoms with Gasteiger partial charge in [0.05, 0.1) is 4.90 Å². The fraction of sp³-hybridized carbons (Fsp3) is 0.450. The second-order valence-electron chi connectivity index (χ2n) is 7.35. The molecule has 1 aromatic heterocycles. The molecule has 2 aliphatic rings. The van der Waals surface area contributed by atoms with E-state index in [0.717, 1.165) is 0 Å². The summed E-state index contributed by atoms with van der Waals surface area (Å²) < 4.78 is 27.0. The molecule has 3 heterocycles. The fourth-order valence-electron chi connectivity index (χ4n) is 3.92.